The van der Waals surface area contributed by atoms with Crippen molar-refractivity contribution in [1.29, 1.82) is 0 Å². The fourth-order valence-electron chi connectivity index (χ4n) is 5.98. The van der Waals surface area contributed by atoms with E-state index >= 15 is 0 Å². The summed E-state index contributed by atoms with van der Waals surface area (Å²) in [5.74, 6) is -1.00. The summed E-state index contributed by atoms with van der Waals surface area (Å²) in [4.78, 5) is 27.8. The van der Waals surface area contributed by atoms with E-state index in [1.807, 2.05) is 35.2 Å². The van der Waals surface area contributed by atoms with E-state index in [9.17, 15) is 20.0 Å². The van der Waals surface area contributed by atoms with Crippen molar-refractivity contribution in [3.8, 4) is 0 Å². The molecule has 7 nitrogen and oxygen atoms in total. The lowest BCUT2D eigenvalue weighted by atomic mass is 9.66. The molecule has 0 aliphatic carbocycles. The van der Waals surface area contributed by atoms with Crippen LogP contribution in [0.2, 0.25) is 0 Å². The van der Waals surface area contributed by atoms with Crippen molar-refractivity contribution in [3.63, 3.8) is 0 Å². The Morgan fingerprint density at radius 3 is 2.61 bits per heavy atom. The van der Waals surface area contributed by atoms with E-state index in [1.54, 1.807) is 24.3 Å². The van der Waals surface area contributed by atoms with Gasteiger partial charge in [0.15, 0.2) is 0 Å². The molecule has 144 valence electrons. The molecule has 0 saturated carbocycles. The molecule has 2 aromatic rings. The maximum Gasteiger partial charge on any atom is 0.284 e. The van der Waals surface area contributed by atoms with Gasteiger partial charge in [0.05, 0.1) is 5.92 Å². The van der Waals surface area contributed by atoms with Crippen LogP contribution >= 0.6 is 0 Å². The second kappa shape index (κ2) is 5.86. The summed E-state index contributed by atoms with van der Waals surface area (Å²) in [5, 5.41) is 26.2. The zero-order valence-electron chi connectivity index (χ0n) is 15.2. The number of carbonyl (C=O) groups is 1. The number of amides is 1. The molecule has 0 bridgehead atoms. The molecule has 5 rings (SSSR count). The van der Waals surface area contributed by atoms with Crippen molar-refractivity contribution in [2.75, 3.05) is 18.5 Å². The van der Waals surface area contributed by atoms with Crippen LogP contribution in [0.15, 0.2) is 54.6 Å². The Labute approximate surface area is 162 Å². The number of hydrogen-bond acceptors (Lipinski definition) is 5. The van der Waals surface area contributed by atoms with Gasteiger partial charge in [-0.3, -0.25) is 19.8 Å². The van der Waals surface area contributed by atoms with Gasteiger partial charge in [-0.25, -0.2) is 0 Å². The average Bonchev–Trinajstić information content (AvgIpc) is 3.35. The number of nitrogens with one attached hydrogen (secondary N) is 1. The fourth-order valence-corrected chi connectivity index (χ4v) is 5.98. The number of para-hydroxylation sites is 1. The third-order valence-electron chi connectivity index (χ3n) is 6.88. The number of nitrogens with zero attached hydrogens (tertiary/aromatic N) is 2. The molecule has 7 heteroatoms. The molecule has 1 unspecified atom stereocenters. The predicted octanol–water partition coefficient (Wildman–Crippen LogP) is 2.10. The Hall–Kier alpha value is -2.77. The van der Waals surface area contributed by atoms with Crippen LogP contribution in [0.25, 0.3) is 0 Å². The Bertz CT molecular complexity index is 965. The predicted molar refractivity (Wildman–Crippen MR) is 102 cm³/mol. The molecule has 2 N–H and O–H groups in total. The standard InChI is InChI=1S/C21H21N3O4/c25-13-20(24(27)28)18(14-7-2-1-3-8-14)17-11-6-12-23(17)21(20)15-9-4-5-10-16(15)22-19(21)26/h1-5,7-10,17-18,25H,6,11-13H2,(H,22,26)/t17-,18+,20-,21?/m0/s1. The zero-order chi connectivity index (χ0) is 19.5. The molecular weight excluding hydrogens is 358 g/mol. The summed E-state index contributed by atoms with van der Waals surface area (Å²) < 4.78 is 0. The number of hydrogen-bond donors (Lipinski definition) is 2. The number of carbonyl (C=O) groups excluding carboxylic acids is 1. The molecule has 0 aromatic heterocycles. The number of anilines is 1. The molecule has 2 saturated heterocycles. The quantitative estimate of drug-likeness (QED) is 0.629. The van der Waals surface area contributed by atoms with Gasteiger partial charge in [-0.05, 0) is 24.5 Å². The normalized spacial score (nSPS) is 33.7. The monoisotopic (exact) mass is 379 g/mol. The van der Waals surface area contributed by atoms with Gasteiger partial charge in [0.2, 0.25) is 5.54 Å². The Kier molecular flexibility index (Phi) is 3.63. The van der Waals surface area contributed by atoms with Crippen molar-refractivity contribution in [1.82, 2.24) is 4.90 Å². The van der Waals surface area contributed by atoms with E-state index in [0.717, 1.165) is 18.4 Å². The minimum atomic E-state index is -1.86. The van der Waals surface area contributed by atoms with E-state index in [0.29, 0.717) is 17.8 Å². The Morgan fingerprint density at radius 1 is 1.18 bits per heavy atom. The molecule has 1 spiro atoms. The van der Waals surface area contributed by atoms with Gasteiger partial charge in [0, 0.05) is 28.8 Å². The zero-order valence-corrected chi connectivity index (χ0v) is 15.2. The third kappa shape index (κ3) is 1.78. The summed E-state index contributed by atoms with van der Waals surface area (Å²) in [6.07, 6.45) is 1.62. The maximum absolute atomic E-state index is 13.5. The fraction of sp³-hybridized carbons (Fsp3) is 0.381. The van der Waals surface area contributed by atoms with Crippen molar-refractivity contribution >= 4 is 11.6 Å². The minimum absolute atomic E-state index is 0.183. The molecule has 4 atom stereocenters. The number of aliphatic hydroxyl groups excluding tert-OH is 1. The summed E-state index contributed by atoms with van der Waals surface area (Å²) in [7, 11) is 0. The molecule has 3 heterocycles. The highest BCUT2D eigenvalue weighted by molar-refractivity contribution is 6.07. The van der Waals surface area contributed by atoms with E-state index in [-0.39, 0.29) is 6.04 Å². The van der Waals surface area contributed by atoms with Crippen LogP contribution in [0.4, 0.5) is 5.69 Å². The topological polar surface area (TPSA) is 95.7 Å². The highest BCUT2D eigenvalue weighted by atomic mass is 16.6. The van der Waals surface area contributed by atoms with Crippen LogP contribution in [-0.2, 0) is 10.3 Å². The first-order valence-electron chi connectivity index (χ1n) is 9.57. The van der Waals surface area contributed by atoms with Gasteiger partial charge in [0.1, 0.15) is 6.61 Å². The first-order chi connectivity index (χ1) is 13.6. The molecular formula is C21H21N3O4. The largest absolute Gasteiger partial charge is 0.389 e. The molecule has 3 aliphatic heterocycles. The van der Waals surface area contributed by atoms with Gasteiger partial charge in [-0.2, -0.15) is 0 Å². The van der Waals surface area contributed by atoms with Crippen molar-refractivity contribution in [2.24, 2.45) is 0 Å². The molecule has 1 amide bonds. The number of rotatable bonds is 3. The van der Waals surface area contributed by atoms with Crippen LogP contribution < -0.4 is 5.32 Å². The van der Waals surface area contributed by atoms with Gasteiger partial charge in [-0.15, -0.1) is 0 Å². The van der Waals surface area contributed by atoms with Gasteiger partial charge in [0.25, 0.3) is 11.4 Å². The van der Waals surface area contributed by atoms with Crippen molar-refractivity contribution in [3.05, 3.63) is 75.8 Å². The lowest BCUT2D eigenvalue weighted by molar-refractivity contribution is -0.587. The molecule has 2 aromatic carbocycles. The number of nitro groups is 1. The summed E-state index contributed by atoms with van der Waals surface area (Å²) in [6, 6.07) is 16.3. The number of fused-ring (bicyclic) bond motifs is 4. The van der Waals surface area contributed by atoms with Crippen LogP contribution in [0.5, 0.6) is 0 Å². The summed E-state index contributed by atoms with van der Waals surface area (Å²) in [5.41, 5.74) is -1.42. The van der Waals surface area contributed by atoms with Crippen molar-refractivity contribution in [2.45, 2.75) is 35.9 Å². The molecule has 2 fully saturated rings. The van der Waals surface area contributed by atoms with Crippen LogP contribution in [0, 0.1) is 10.1 Å². The van der Waals surface area contributed by atoms with Crippen LogP contribution in [0.1, 0.15) is 29.9 Å². The smallest absolute Gasteiger partial charge is 0.284 e. The second-order valence-electron chi connectivity index (χ2n) is 7.84. The Balaban J connectivity index is 1.87. The first-order valence-corrected chi connectivity index (χ1v) is 9.57. The Morgan fingerprint density at radius 2 is 1.89 bits per heavy atom. The van der Waals surface area contributed by atoms with Gasteiger partial charge >= 0.3 is 0 Å². The maximum atomic E-state index is 13.5. The number of benzene rings is 2. The lowest BCUT2D eigenvalue weighted by Gasteiger charge is -2.39. The first kappa shape index (κ1) is 17.3. The molecule has 3 aliphatic rings. The number of aliphatic hydroxyl groups is 1. The summed E-state index contributed by atoms with van der Waals surface area (Å²) in [6.45, 7) is -0.125. The SMILES string of the molecule is O=C1Nc2ccccc2C12N1CCC[C@H]1[C@@H](c1ccccc1)[C@]2(CO)[N+](=O)[O-]. The van der Waals surface area contributed by atoms with E-state index in [1.165, 1.54) is 0 Å². The average molecular weight is 379 g/mol. The van der Waals surface area contributed by atoms with Crippen LogP contribution in [0.3, 0.4) is 0 Å². The third-order valence-corrected chi connectivity index (χ3v) is 6.88. The lowest BCUT2D eigenvalue weighted by Crippen LogP contribution is -2.66. The van der Waals surface area contributed by atoms with Crippen molar-refractivity contribution < 1.29 is 14.8 Å². The van der Waals surface area contributed by atoms with Crippen LogP contribution in [-0.4, -0.2) is 45.6 Å². The molecule has 0 radical (unpaired) electrons. The molecule has 28 heavy (non-hydrogen) atoms. The van der Waals surface area contributed by atoms with E-state index in [4.69, 9.17) is 0 Å². The van der Waals surface area contributed by atoms with E-state index < -0.39 is 34.4 Å². The van der Waals surface area contributed by atoms with Gasteiger partial charge in [-0.1, -0.05) is 48.5 Å². The highest BCUT2D eigenvalue weighted by Gasteiger charge is 2.82. The second-order valence-corrected chi connectivity index (χ2v) is 7.84. The highest BCUT2D eigenvalue weighted by Crippen LogP contribution is 2.63. The summed E-state index contributed by atoms with van der Waals surface area (Å²) >= 11 is 0. The minimum Gasteiger partial charge on any atom is -0.389 e. The van der Waals surface area contributed by atoms with Gasteiger partial charge < -0.3 is 10.4 Å². The van der Waals surface area contributed by atoms with E-state index in [2.05, 4.69) is 5.32 Å².